The van der Waals surface area contributed by atoms with Crippen molar-refractivity contribution < 1.29 is 5.11 Å². The van der Waals surface area contributed by atoms with E-state index in [1.165, 1.54) is 0 Å². The predicted molar refractivity (Wildman–Crippen MR) is 51.6 cm³/mol. The lowest BCUT2D eigenvalue weighted by molar-refractivity contribution is 0.141. The molecule has 0 spiro atoms. The fraction of sp³-hybridized carbons (Fsp3) is 0.444. The topological polar surface area (TPSA) is 62.4 Å². The van der Waals surface area contributed by atoms with E-state index in [1.807, 2.05) is 17.9 Å². The van der Waals surface area contributed by atoms with Gasteiger partial charge in [-0.3, -0.25) is 0 Å². The van der Waals surface area contributed by atoms with E-state index in [4.69, 9.17) is 10.8 Å². The van der Waals surface area contributed by atoms with Crippen LogP contribution in [0.3, 0.4) is 0 Å². The summed E-state index contributed by atoms with van der Waals surface area (Å²) >= 11 is 0. The molecule has 0 radical (unpaired) electrons. The van der Waals surface area contributed by atoms with E-state index in [-0.39, 0.29) is 6.10 Å². The molecule has 0 unspecified atom stereocenters. The van der Waals surface area contributed by atoms with E-state index >= 15 is 0 Å². The summed E-state index contributed by atoms with van der Waals surface area (Å²) in [6.45, 7) is 3.25. The highest BCUT2D eigenvalue weighted by Crippen LogP contribution is 2.21. The molecule has 1 aromatic rings. The van der Waals surface area contributed by atoms with E-state index in [2.05, 4.69) is 4.98 Å². The van der Waals surface area contributed by atoms with Crippen LogP contribution < -0.4 is 10.6 Å². The Morgan fingerprint density at radius 2 is 2.31 bits per heavy atom. The number of anilines is 2. The third kappa shape index (κ3) is 1.45. The number of nitrogens with two attached hydrogens (primary N) is 1. The average Bonchev–Trinajstić information content (AvgIpc) is 2.05. The molecule has 0 bridgehead atoms. The van der Waals surface area contributed by atoms with E-state index in [9.17, 15) is 0 Å². The van der Waals surface area contributed by atoms with Crippen molar-refractivity contribution in [3.63, 3.8) is 0 Å². The second-order valence-corrected chi connectivity index (χ2v) is 3.46. The lowest BCUT2D eigenvalue weighted by Gasteiger charge is -2.36. The SMILES string of the molecule is Cc1cnc(N2CC(O)C2)cc1N. The van der Waals surface area contributed by atoms with Gasteiger partial charge in [-0.2, -0.15) is 0 Å². The van der Waals surface area contributed by atoms with Crippen molar-refractivity contribution in [2.75, 3.05) is 23.7 Å². The van der Waals surface area contributed by atoms with Gasteiger partial charge in [-0.05, 0) is 12.5 Å². The van der Waals surface area contributed by atoms with Gasteiger partial charge in [-0.25, -0.2) is 4.98 Å². The molecule has 1 aliphatic heterocycles. The molecule has 70 valence electrons. The van der Waals surface area contributed by atoms with Crippen molar-refractivity contribution in [2.24, 2.45) is 0 Å². The molecule has 4 nitrogen and oxygen atoms in total. The van der Waals surface area contributed by atoms with Crippen molar-refractivity contribution in [2.45, 2.75) is 13.0 Å². The number of aliphatic hydroxyl groups excluding tert-OH is 1. The molecule has 0 saturated carbocycles. The Hall–Kier alpha value is -1.29. The van der Waals surface area contributed by atoms with Gasteiger partial charge in [0.2, 0.25) is 0 Å². The van der Waals surface area contributed by atoms with E-state index in [1.54, 1.807) is 6.20 Å². The smallest absolute Gasteiger partial charge is 0.130 e. The number of hydrogen-bond donors (Lipinski definition) is 2. The van der Waals surface area contributed by atoms with Crippen LogP contribution in [-0.2, 0) is 0 Å². The zero-order valence-corrected chi connectivity index (χ0v) is 7.57. The molecule has 1 aromatic heterocycles. The van der Waals surface area contributed by atoms with Crippen molar-refractivity contribution in [1.82, 2.24) is 4.98 Å². The van der Waals surface area contributed by atoms with Crippen LogP contribution in [0.1, 0.15) is 5.56 Å². The molecule has 1 fully saturated rings. The van der Waals surface area contributed by atoms with Crippen LogP contribution in [0.15, 0.2) is 12.3 Å². The third-order valence-corrected chi connectivity index (χ3v) is 2.32. The Bertz CT molecular complexity index is 321. The van der Waals surface area contributed by atoms with Crippen LogP contribution in [0.25, 0.3) is 0 Å². The van der Waals surface area contributed by atoms with Crippen LogP contribution in [-0.4, -0.2) is 29.3 Å². The van der Waals surface area contributed by atoms with Crippen molar-refractivity contribution in [3.05, 3.63) is 17.8 Å². The molecule has 1 aliphatic rings. The van der Waals surface area contributed by atoms with Crippen LogP contribution in [0, 0.1) is 6.92 Å². The summed E-state index contributed by atoms with van der Waals surface area (Å²) in [5.41, 5.74) is 7.49. The largest absolute Gasteiger partial charge is 0.398 e. The van der Waals surface area contributed by atoms with Crippen molar-refractivity contribution >= 4 is 11.5 Å². The first-order chi connectivity index (χ1) is 6.16. The summed E-state index contributed by atoms with van der Waals surface area (Å²) in [5, 5.41) is 9.10. The van der Waals surface area contributed by atoms with Gasteiger partial charge in [0.25, 0.3) is 0 Å². The Morgan fingerprint density at radius 3 is 2.85 bits per heavy atom. The van der Waals surface area contributed by atoms with E-state index < -0.39 is 0 Å². The Balaban J connectivity index is 2.18. The Morgan fingerprint density at radius 1 is 1.62 bits per heavy atom. The number of aliphatic hydroxyl groups is 1. The monoisotopic (exact) mass is 179 g/mol. The molecule has 2 heterocycles. The lowest BCUT2D eigenvalue weighted by Crippen LogP contribution is -2.51. The molecule has 0 amide bonds. The highest BCUT2D eigenvalue weighted by molar-refractivity contribution is 5.55. The normalized spacial score (nSPS) is 17.2. The van der Waals surface area contributed by atoms with Crippen molar-refractivity contribution in [1.29, 1.82) is 0 Å². The van der Waals surface area contributed by atoms with Gasteiger partial charge in [-0.1, -0.05) is 0 Å². The zero-order valence-electron chi connectivity index (χ0n) is 7.57. The minimum absolute atomic E-state index is 0.204. The second kappa shape index (κ2) is 2.88. The van der Waals surface area contributed by atoms with Crippen molar-refractivity contribution in [3.8, 4) is 0 Å². The quantitative estimate of drug-likeness (QED) is 0.644. The first-order valence-corrected chi connectivity index (χ1v) is 4.32. The number of pyridine rings is 1. The molecule has 0 aliphatic carbocycles. The number of rotatable bonds is 1. The van der Waals surface area contributed by atoms with Crippen LogP contribution in [0.5, 0.6) is 0 Å². The molecule has 1 saturated heterocycles. The number of β-amino-alcohol motifs (C(OH)–C–C–N with tert-alkyl or cyclic N) is 1. The summed E-state index contributed by atoms with van der Waals surface area (Å²) in [5.74, 6) is 0.855. The number of aromatic nitrogens is 1. The van der Waals surface area contributed by atoms with E-state index in [0.717, 1.165) is 17.1 Å². The Labute approximate surface area is 77.0 Å². The molecular weight excluding hydrogens is 166 g/mol. The maximum Gasteiger partial charge on any atom is 0.130 e. The highest BCUT2D eigenvalue weighted by Gasteiger charge is 2.25. The molecule has 13 heavy (non-hydrogen) atoms. The number of aryl methyl sites for hydroxylation is 1. The summed E-state index contributed by atoms with van der Waals surface area (Å²) < 4.78 is 0. The Kier molecular flexibility index (Phi) is 1.84. The maximum atomic E-state index is 9.10. The molecule has 3 N–H and O–H groups in total. The second-order valence-electron chi connectivity index (χ2n) is 3.46. The predicted octanol–water partition coefficient (Wildman–Crippen LogP) is 0.153. The minimum Gasteiger partial charge on any atom is -0.398 e. The number of nitrogen functional groups attached to an aromatic ring is 1. The van der Waals surface area contributed by atoms with Crippen LogP contribution >= 0.6 is 0 Å². The standard InChI is InChI=1S/C9H13N3O/c1-6-3-11-9(2-8(6)10)12-4-7(13)5-12/h2-3,7,13H,4-5H2,1H3,(H2,10,11). The van der Waals surface area contributed by atoms with Gasteiger partial charge < -0.3 is 15.7 Å². The number of nitrogens with zero attached hydrogens (tertiary/aromatic N) is 2. The number of hydrogen-bond acceptors (Lipinski definition) is 4. The van der Waals surface area contributed by atoms with Gasteiger partial charge in [-0.15, -0.1) is 0 Å². The highest BCUT2D eigenvalue weighted by atomic mass is 16.3. The molecule has 4 heteroatoms. The van der Waals surface area contributed by atoms with Gasteiger partial charge in [0, 0.05) is 31.0 Å². The van der Waals surface area contributed by atoms with Gasteiger partial charge >= 0.3 is 0 Å². The molecule has 0 aromatic carbocycles. The van der Waals surface area contributed by atoms with Crippen LogP contribution in [0.2, 0.25) is 0 Å². The van der Waals surface area contributed by atoms with Gasteiger partial charge in [0.1, 0.15) is 5.82 Å². The summed E-state index contributed by atoms with van der Waals surface area (Å²) in [4.78, 5) is 6.23. The lowest BCUT2D eigenvalue weighted by atomic mass is 10.1. The summed E-state index contributed by atoms with van der Waals surface area (Å²) in [6, 6.07) is 1.85. The fourth-order valence-electron chi connectivity index (χ4n) is 1.34. The first-order valence-electron chi connectivity index (χ1n) is 4.32. The minimum atomic E-state index is -0.204. The maximum absolute atomic E-state index is 9.10. The first kappa shape index (κ1) is 8.31. The molecular formula is C9H13N3O. The molecule has 0 atom stereocenters. The summed E-state index contributed by atoms with van der Waals surface area (Å²) in [6.07, 6.45) is 1.55. The van der Waals surface area contributed by atoms with Crippen LogP contribution in [0.4, 0.5) is 11.5 Å². The fourth-order valence-corrected chi connectivity index (χ4v) is 1.34. The molecule has 2 rings (SSSR count). The van der Waals surface area contributed by atoms with Gasteiger partial charge in [0.15, 0.2) is 0 Å². The third-order valence-electron chi connectivity index (χ3n) is 2.32. The average molecular weight is 179 g/mol. The van der Waals surface area contributed by atoms with E-state index in [0.29, 0.717) is 13.1 Å². The summed E-state index contributed by atoms with van der Waals surface area (Å²) in [7, 11) is 0. The van der Waals surface area contributed by atoms with Gasteiger partial charge in [0.05, 0.1) is 6.10 Å². The zero-order chi connectivity index (χ0) is 9.42.